The largest absolute Gasteiger partial charge is 0.309 e. The van der Waals surface area contributed by atoms with Crippen LogP contribution in [0.4, 0.5) is 0 Å². The second-order valence-corrected chi connectivity index (χ2v) is 6.31. The topological polar surface area (TPSA) is 20.3 Å². The fourth-order valence-electron chi connectivity index (χ4n) is 2.25. The number of Topliss-reactive ketones (excluding diaryl/α,β-unsaturated/α-hetero) is 1. The summed E-state index contributed by atoms with van der Waals surface area (Å²) >= 11 is 3.46. The first-order valence-electron chi connectivity index (χ1n) is 6.93. The molecule has 0 atom stereocenters. The Morgan fingerprint density at radius 2 is 1.75 bits per heavy atom. The van der Waals surface area contributed by atoms with Crippen molar-refractivity contribution in [1.82, 2.24) is 4.90 Å². The zero-order valence-electron chi connectivity index (χ0n) is 12.0. The summed E-state index contributed by atoms with van der Waals surface area (Å²) in [6.45, 7) is 1.04. The number of fused-ring (bicyclic) bond motifs is 1. The number of hydrogen-bond donors (Lipinski definition) is 0. The number of ketones is 1. The van der Waals surface area contributed by atoms with Crippen LogP contribution in [0.3, 0.4) is 0 Å². The maximum atomic E-state index is 12.2. The van der Waals surface area contributed by atoms with Gasteiger partial charge in [0, 0.05) is 16.5 Å². The fraction of sp³-hybridized carbons (Fsp3) is 0.353. The first kappa shape index (κ1) is 15.2. The van der Waals surface area contributed by atoms with Crippen LogP contribution in [0.1, 0.15) is 29.6 Å². The van der Waals surface area contributed by atoms with Gasteiger partial charge >= 0.3 is 0 Å². The van der Waals surface area contributed by atoms with Crippen molar-refractivity contribution in [2.45, 2.75) is 19.3 Å². The Morgan fingerprint density at radius 1 is 1.05 bits per heavy atom. The molecule has 0 unspecified atom stereocenters. The Hall–Kier alpha value is -1.19. The predicted molar refractivity (Wildman–Crippen MR) is 88.4 cm³/mol. The van der Waals surface area contributed by atoms with Crippen molar-refractivity contribution >= 4 is 32.5 Å². The number of carbonyl (C=O) groups excluding carboxylic acids is 1. The fourth-order valence-corrected chi connectivity index (χ4v) is 2.63. The van der Waals surface area contributed by atoms with Gasteiger partial charge in [-0.15, -0.1) is 0 Å². The summed E-state index contributed by atoms with van der Waals surface area (Å²) in [6, 6.07) is 12.1. The Balaban J connectivity index is 2.01. The maximum Gasteiger partial charge on any atom is 0.162 e. The smallest absolute Gasteiger partial charge is 0.162 e. The molecule has 0 amide bonds. The molecule has 0 bridgehead atoms. The molecule has 2 nitrogen and oxygen atoms in total. The van der Waals surface area contributed by atoms with Crippen molar-refractivity contribution in [3.05, 3.63) is 46.4 Å². The van der Waals surface area contributed by atoms with Gasteiger partial charge in [-0.05, 0) is 62.5 Å². The van der Waals surface area contributed by atoms with Crippen LogP contribution < -0.4 is 0 Å². The van der Waals surface area contributed by atoms with Crippen LogP contribution in [0.5, 0.6) is 0 Å². The minimum Gasteiger partial charge on any atom is -0.309 e. The highest BCUT2D eigenvalue weighted by Gasteiger charge is 2.06. The molecule has 0 aliphatic heterocycles. The maximum absolute atomic E-state index is 12.2. The van der Waals surface area contributed by atoms with Crippen molar-refractivity contribution in [3.63, 3.8) is 0 Å². The Bertz CT molecular complexity index is 607. The highest BCUT2D eigenvalue weighted by Crippen LogP contribution is 2.21. The molecule has 0 saturated carbocycles. The minimum atomic E-state index is 0.244. The van der Waals surface area contributed by atoms with E-state index in [4.69, 9.17) is 0 Å². The van der Waals surface area contributed by atoms with Gasteiger partial charge in [-0.25, -0.2) is 0 Å². The zero-order valence-corrected chi connectivity index (χ0v) is 13.6. The highest BCUT2D eigenvalue weighted by molar-refractivity contribution is 9.10. The summed E-state index contributed by atoms with van der Waals surface area (Å²) in [5.41, 5.74) is 0.824. The van der Waals surface area contributed by atoms with E-state index in [1.807, 2.05) is 30.3 Å². The number of hydrogen-bond acceptors (Lipinski definition) is 2. The summed E-state index contributed by atoms with van der Waals surface area (Å²) in [7, 11) is 4.12. The summed E-state index contributed by atoms with van der Waals surface area (Å²) in [5, 5.41) is 2.27. The summed E-state index contributed by atoms with van der Waals surface area (Å²) in [5.74, 6) is 0.244. The lowest BCUT2D eigenvalue weighted by molar-refractivity contribution is 0.0978. The lowest BCUT2D eigenvalue weighted by Gasteiger charge is -2.08. The lowest BCUT2D eigenvalue weighted by Crippen LogP contribution is -2.13. The van der Waals surface area contributed by atoms with Gasteiger partial charge in [-0.2, -0.15) is 0 Å². The van der Waals surface area contributed by atoms with Gasteiger partial charge in [0.1, 0.15) is 0 Å². The summed E-state index contributed by atoms with van der Waals surface area (Å²) < 4.78 is 1.06. The van der Waals surface area contributed by atoms with Crippen LogP contribution in [-0.4, -0.2) is 31.3 Å². The van der Waals surface area contributed by atoms with Crippen LogP contribution in [0, 0.1) is 0 Å². The van der Waals surface area contributed by atoms with E-state index >= 15 is 0 Å². The highest BCUT2D eigenvalue weighted by atomic mass is 79.9. The van der Waals surface area contributed by atoms with E-state index in [0.717, 1.165) is 40.2 Å². The molecule has 106 valence electrons. The van der Waals surface area contributed by atoms with Gasteiger partial charge in [0.25, 0.3) is 0 Å². The molecule has 3 heteroatoms. The van der Waals surface area contributed by atoms with E-state index in [-0.39, 0.29) is 5.78 Å². The molecular formula is C17H20BrNO. The van der Waals surface area contributed by atoms with Gasteiger partial charge < -0.3 is 4.90 Å². The summed E-state index contributed by atoms with van der Waals surface area (Å²) in [6.07, 6.45) is 2.66. The molecule has 0 saturated heterocycles. The molecule has 0 aliphatic carbocycles. The van der Waals surface area contributed by atoms with Crippen molar-refractivity contribution in [2.24, 2.45) is 0 Å². The SMILES string of the molecule is CN(C)CCCCC(=O)c1ccc2cc(Br)ccc2c1. The van der Waals surface area contributed by atoms with E-state index in [9.17, 15) is 4.79 Å². The normalized spacial score (nSPS) is 11.2. The Morgan fingerprint density at radius 3 is 2.50 bits per heavy atom. The lowest BCUT2D eigenvalue weighted by atomic mass is 10.0. The molecule has 0 heterocycles. The van der Waals surface area contributed by atoms with Gasteiger partial charge in [0.2, 0.25) is 0 Å². The number of unbranched alkanes of at least 4 members (excludes halogenated alkanes) is 1. The standard InChI is InChI=1S/C17H20BrNO/c1-19(2)10-4-3-5-17(20)15-7-6-14-12-16(18)9-8-13(14)11-15/h6-9,11-12H,3-5,10H2,1-2H3. The number of nitrogens with zero attached hydrogens (tertiary/aromatic N) is 1. The molecule has 0 aromatic heterocycles. The predicted octanol–water partition coefficient (Wildman–Crippen LogP) is 4.52. The van der Waals surface area contributed by atoms with Gasteiger partial charge in [-0.1, -0.05) is 34.1 Å². The molecule has 0 N–H and O–H groups in total. The minimum absolute atomic E-state index is 0.244. The molecule has 0 aliphatic rings. The molecule has 0 fully saturated rings. The van der Waals surface area contributed by atoms with E-state index in [1.165, 1.54) is 0 Å². The van der Waals surface area contributed by atoms with Crippen LogP contribution >= 0.6 is 15.9 Å². The van der Waals surface area contributed by atoms with Crippen LogP contribution in [-0.2, 0) is 0 Å². The third-order valence-corrected chi connectivity index (χ3v) is 3.88. The monoisotopic (exact) mass is 333 g/mol. The van der Waals surface area contributed by atoms with E-state index in [2.05, 4.69) is 41.0 Å². The Kier molecular flexibility index (Phi) is 5.32. The van der Waals surface area contributed by atoms with Gasteiger partial charge in [0.05, 0.1) is 0 Å². The third-order valence-electron chi connectivity index (χ3n) is 3.38. The van der Waals surface area contributed by atoms with Crippen LogP contribution in [0.15, 0.2) is 40.9 Å². The zero-order chi connectivity index (χ0) is 14.5. The molecule has 2 rings (SSSR count). The van der Waals surface area contributed by atoms with E-state index in [0.29, 0.717) is 6.42 Å². The second kappa shape index (κ2) is 7.00. The average molecular weight is 334 g/mol. The van der Waals surface area contributed by atoms with Crippen LogP contribution in [0.2, 0.25) is 0 Å². The van der Waals surface area contributed by atoms with Crippen molar-refractivity contribution in [2.75, 3.05) is 20.6 Å². The Labute approximate surface area is 128 Å². The van der Waals surface area contributed by atoms with E-state index < -0.39 is 0 Å². The van der Waals surface area contributed by atoms with Gasteiger partial charge in [-0.3, -0.25) is 4.79 Å². The van der Waals surface area contributed by atoms with Crippen molar-refractivity contribution in [1.29, 1.82) is 0 Å². The second-order valence-electron chi connectivity index (χ2n) is 5.39. The molecule has 2 aromatic rings. The van der Waals surface area contributed by atoms with Crippen molar-refractivity contribution < 1.29 is 4.79 Å². The number of rotatable bonds is 6. The average Bonchev–Trinajstić information content (AvgIpc) is 2.42. The molecular weight excluding hydrogens is 314 g/mol. The number of halogens is 1. The van der Waals surface area contributed by atoms with Crippen LogP contribution in [0.25, 0.3) is 10.8 Å². The van der Waals surface area contributed by atoms with Gasteiger partial charge in [0.15, 0.2) is 5.78 Å². The first-order valence-corrected chi connectivity index (χ1v) is 7.73. The first-order chi connectivity index (χ1) is 9.56. The third kappa shape index (κ3) is 4.15. The molecule has 2 aromatic carbocycles. The van der Waals surface area contributed by atoms with Crippen molar-refractivity contribution in [3.8, 4) is 0 Å². The quantitative estimate of drug-likeness (QED) is 0.572. The number of benzene rings is 2. The summed E-state index contributed by atoms with van der Waals surface area (Å²) in [4.78, 5) is 14.3. The molecule has 20 heavy (non-hydrogen) atoms. The number of carbonyl (C=O) groups is 1. The molecule has 0 radical (unpaired) electrons. The molecule has 0 spiro atoms. The van der Waals surface area contributed by atoms with E-state index in [1.54, 1.807) is 0 Å².